The van der Waals surface area contributed by atoms with Crippen LogP contribution in [0, 0.1) is 12.7 Å². The first-order valence-corrected chi connectivity index (χ1v) is 12.9. The minimum Gasteiger partial charge on any atom is -0.458 e. The number of rotatable bonds is 6. The van der Waals surface area contributed by atoms with Gasteiger partial charge in [0.25, 0.3) is 5.56 Å². The molecule has 1 aromatic carbocycles. The van der Waals surface area contributed by atoms with Crippen molar-refractivity contribution < 1.29 is 24.1 Å². The highest BCUT2D eigenvalue weighted by atomic mass is 19.1. The molecule has 0 spiro atoms. The summed E-state index contributed by atoms with van der Waals surface area (Å²) in [7, 11) is 0. The second-order valence-electron chi connectivity index (χ2n) is 10.3. The molecule has 4 heterocycles. The maximum absolute atomic E-state index is 14.9. The number of hydrogen-bond acceptors (Lipinski definition) is 7. The van der Waals surface area contributed by atoms with E-state index in [-0.39, 0.29) is 48.1 Å². The second kappa shape index (κ2) is 8.72. The van der Waals surface area contributed by atoms with Crippen LogP contribution in [0.4, 0.5) is 4.39 Å². The van der Waals surface area contributed by atoms with Crippen molar-refractivity contribution in [3.05, 3.63) is 61.7 Å². The maximum atomic E-state index is 14.9. The molecule has 8 nitrogen and oxygen atoms in total. The Bertz CT molecular complexity index is 1530. The zero-order chi connectivity index (χ0) is 26.1. The summed E-state index contributed by atoms with van der Waals surface area (Å²) in [6.45, 7) is 5.11. The molecule has 0 amide bonds. The van der Waals surface area contributed by atoms with Gasteiger partial charge in [-0.25, -0.2) is 14.2 Å². The number of aliphatic hydroxyl groups excluding tert-OH is 1. The van der Waals surface area contributed by atoms with Gasteiger partial charge in [-0.2, -0.15) is 0 Å². The second-order valence-corrected chi connectivity index (χ2v) is 10.3. The number of pyridine rings is 2. The molecular weight excluding hydrogens is 477 g/mol. The summed E-state index contributed by atoms with van der Waals surface area (Å²) in [5, 5.41) is 24.7. The first-order chi connectivity index (χ1) is 17.8. The molecule has 2 atom stereocenters. The van der Waals surface area contributed by atoms with Crippen molar-refractivity contribution in [1.82, 2.24) is 14.9 Å². The number of cyclic esters (lactones) is 1. The average Bonchev–Trinajstić information content (AvgIpc) is 3.26. The fourth-order valence-corrected chi connectivity index (χ4v) is 6.34. The Morgan fingerprint density at radius 1 is 1.27 bits per heavy atom. The predicted octanol–water partition coefficient (Wildman–Crippen LogP) is 2.53. The summed E-state index contributed by atoms with van der Waals surface area (Å²) in [5.41, 5.74) is 3.63. The molecule has 0 radical (unpaired) electrons. The van der Waals surface area contributed by atoms with Crippen LogP contribution in [0.2, 0.25) is 0 Å². The molecule has 3 aliphatic rings. The van der Waals surface area contributed by atoms with Crippen LogP contribution in [-0.2, 0) is 34.7 Å². The van der Waals surface area contributed by atoms with E-state index >= 15 is 0 Å². The normalized spacial score (nSPS) is 21.5. The van der Waals surface area contributed by atoms with E-state index in [4.69, 9.17) is 14.8 Å². The van der Waals surface area contributed by atoms with E-state index in [1.54, 1.807) is 24.5 Å². The Hall–Kier alpha value is -3.14. The van der Waals surface area contributed by atoms with E-state index in [1.807, 2.05) is 0 Å². The molecule has 0 bridgehead atoms. The minimum absolute atomic E-state index is 0.0699. The molecule has 2 aromatic heterocycles. The topological polar surface area (TPSA) is 114 Å². The van der Waals surface area contributed by atoms with Gasteiger partial charge in [0.05, 0.1) is 29.0 Å². The van der Waals surface area contributed by atoms with Gasteiger partial charge in [0.1, 0.15) is 12.4 Å². The molecule has 0 saturated heterocycles. The number of ether oxygens (including phenoxy) is 1. The van der Waals surface area contributed by atoms with Crippen LogP contribution in [0.15, 0.2) is 16.9 Å². The number of benzene rings is 1. The molecular formula is C28H30FN3O5. The molecule has 194 valence electrons. The third-order valence-corrected chi connectivity index (χ3v) is 8.40. The summed E-state index contributed by atoms with van der Waals surface area (Å²) in [4.78, 5) is 31.0. The number of halogens is 1. The summed E-state index contributed by atoms with van der Waals surface area (Å²) in [6.07, 6.45) is 2.30. The van der Waals surface area contributed by atoms with Crippen LogP contribution >= 0.6 is 0 Å². The lowest BCUT2D eigenvalue weighted by atomic mass is 9.78. The summed E-state index contributed by atoms with van der Waals surface area (Å²) in [6, 6.07) is 3.17. The molecule has 3 N–H and O–H groups in total. The van der Waals surface area contributed by atoms with E-state index in [1.165, 1.54) is 6.07 Å². The van der Waals surface area contributed by atoms with Crippen molar-refractivity contribution in [2.75, 3.05) is 19.7 Å². The van der Waals surface area contributed by atoms with Crippen LogP contribution in [0.5, 0.6) is 0 Å². The smallest absolute Gasteiger partial charge is 0.343 e. The number of carbonyl (C=O) groups is 1. The number of hydrogen-bond donors (Lipinski definition) is 3. The third-order valence-electron chi connectivity index (χ3n) is 8.40. The standard InChI is InChI=1S/C28H30FN3O5/c1-3-28(36)19-9-22-25-17(12-32(22)26(34)18(19)13-37-27(28)35)23-15(11-30-7-4-8-33)5-6-16-14(2)20(29)10-21(31-25)24(16)23/h9-10,15,30,33,36H,3-8,11-13H2,1-2H3/t15?,28-/m0/s1. The first-order valence-electron chi connectivity index (χ1n) is 12.9. The van der Waals surface area contributed by atoms with Gasteiger partial charge in [-0.15, -0.1) is 0 Å². The lowest BCUT2D eigenvalue weighted by molar-refractivity contribution is -0.172. The van der Waals surface area contributed by atoms with Gasteiger partial charge in [0.2, 0.25) is 0 Å². The number of esters is 1. The van der Waals surface area contributed by atoms with Gasteiger partial charge in [0.15, 0.2) is 5.60 Å². The van der Waals surface area contributed by atoms with E-state index in [9.17, 15) is 19.1 Å². The molecule has 1 aliphatic carbocycles. The molecule has 3 aromatic rings. The zero-order valence-corrected chi connectivity index (χ0v) is 21.0. The van der Waals surface area contributed by atoms with Crippen LogP contribution in [-0.4, -0.2) is 45.4 Å². The third kappa shape index (κ3) is 3.41. The highest BCUT2D eigenvalue weighted by Crippen LogP contribution is 2.46. The summed E-state index contributed by atoms with van der Waals surface area (Å²) < 4.78 is 21.8. The number of aromatic nitrogens is 2. The van der Waals surface area contributed by atoms with Crippen molar-refractivity contribution in [2.45, 2.75) is 64.2 Å². The monoisotopic (exact) mass is 507 g/mol. The first kappa shape index (κ1) is 24.2. The number of carbonyl (C=O) groups excluding carboxylic acids is 1. The SMILES string of the molecule is CC[C@@]1(O)C(=O)OCc2c1cc1n(c2=O)Cc2c-1nc1cc(F)c(C)c3c1c2C(CNCCCO)CC3. The molecule has 0 saturated carbocycles. The Balaban J connectivity index is 1.59. The quantitative estimate of drug-likeness (QED) is 0.272. The minimum atomic E-state index is -1.90. The summed E-state index contributed by atoms with van der Waals surface area (Å²) >= 11 is 0. The maximum Gasteiger partial charge on any atom is 0.343 e. The Morgan fingerprint density at radius 2 is 2.08 bits per heavy atom. The van der Waals surface area contributed by atoms with Gasteiger partial charge in [-0.1, -0.05) is 6.92 Å². The molecule has 6 rings (SSSR count). The fourth-order valence-electron chi connectivity index (χ4n) is 6.34. The van der Waals surface area contributed by atoms with Crippen molar-refractivity contribution >= 4 is 16.9 Å². The van der Waals surface area contributed by atoms with Gasteiger partial charge < -0.3 is 24.8 Å². The summed E-state index contributed by atoms with van der Waals surface area (Å²) in [5.74, 6) is -0.931. The van der Waals surface area contributed by atoms with Crippen LogP contribution in [0.3, 0.4) is 0 Å². The van der Waals surface area contributed by atoms with Gasteiger partial charge >= 0.3 is 5.97 Å². The Labute approximate surface area is 213 Å². The largest absolute Gasteiger partial charge is 0.458 e. The van der Waals surface area contributed by atoms with Crippen LogP contribution in [0.25, 0.3) is 22.3 Å². The number of nitrogens with zero attached hydrogens (tertiary/aromatic N) is 2. The number of nitrogens with one attached hydrogen (secondary N) is 1. The Morgan fingerprint density at radius 3 is 2.84 bits per heavy atom. The molecule has 2 aliphatic heterocycles. The molecule has 37 heavy (non-hydrogen) atoms. The van der Waals surface area contributed by atoms with E-state index in [2.05, 4.69) is 5.32 Å². The van der Waals surface area contributed by atoms with Crippen molar-refractivity contribution in [2.24, 2.45) is 0 Å². The predicted molar refractivity (Wildman–Crippen MR) is 135 cm³/mol. The van der Waals surface area contributed by atoms with Gasteiger partial charge in [-0.05, 0) is 67.8 Å². The van der Waals surface area contributed by atoms with Crippen molar-refractivity contribution in [3.8, 4) is 11.4 Å². The molecule has 9 heteroatoms. The van der Waals surface area contributed by atoms with E-state index in [0.29, 0.717) is 48.5 Å². The van der Waals surface area contributed by atoms with Crippen LogP contribution < -0.4 is 10.9 Å². The van der Waals surface area contributed by atoms with Crippen molar-refractivity contribution in [3.63, 3.8) is 0 Å². The Kier molecular flexibility index (Phi) is 5.70. The number of fused-ring (bicyclic) bond motifs is 5. The lowest BCUT2D eigenvalue weighted by Gasteiger charge is -2.31. The van der Waals surface area contributed by atoms with Gasteiger partial charge in [0, 0.05) is 35.7 Å². The highest BCUT2D eigenvalue weighted by molar-refractivity contribution is 5.93. The lowest BCUT2D eigenvalue weighted by Crippen LogP contribution is -2.44. The molecule has 1 unspecified atom stereocenters. The van der Waals surface area contributed by atoms with E-state index in [0.717, 1.165) is 34.9 Å². The fraction of sp³-hybridized carbons (Fsp3) is 0.464. The number of aryl methyl sites for hydroxylation is 1. The van der Waals surface area contributed by atoms with Crippen LogP contribution in [0.1, 0.15) is 65.5 Å². The highest BCUT2D eigenvalue weighted by Gasteiger charge is 2.45. The van der Waals surface area contributed by atoms with Crippen molar-refractivity contribution in [1.29, 1.82) is 0 Å². The molecule has 0 fully saturated rings. The van der Waals surface area contributed by atoms with Gasteiger partial charge in [-0.3, -0.25) is 4.79 Å². The zero-order valence-electron chi connectivity index (χ0n) is 21.0. The number of aliphatic hydroxyl groups is 2. The average molecular weight is 508 g/mol. The van der Waals surface area contributed by atoms with E-state index < -0.39 is 11.6 Å².